The maximum Gasteiger partial charge on any atom is 0.243 e. The summed E-state index contributed by atoms with van der Waals surface area (Å²) in [5.41, 5.74) is 15.1. The van der Waals surface area contributed by atoms with E-state index in [9.17, 15) is 4.79 Å². The van der Waals surface area contributed by atoms with Crippen LogP contribution in [0.25, 0.3) is 22.3 Å². The van der Waals surface area contributed by atoms with E-state index in [1.807, 2.05) is 80.1 Å². The molecule has 3 heterocycles. The molecule has 5 N–H and O–H groups in total. The molecule has 12 heteroatoms. The zero-order valence-corrected chi connectivity index (χ0v) is 25.8. The highest BCUT2D eigenvalue weighted by Gasteiger charge is 2.30. The standard InChI is InChI=1S/C32H36N8O3.ClH/c1-32(2,3)25-17-24(39-43-25)27(33)31(41)37-20-11-13-21(14-12-20)40-30-26(29(34)35-18-36-30)28(38-40)19-9-15-23(16-10-19)42-22-7-5-4-6-8-22;/h4-10,15-18,20-21,27H,11-14,33H2,1-3H3,(H,37,41)(H2,34,35,36);1H/t20?,21?,27-;/m1./s1. The fourth-order valence-corrected chi connectivity index (χ4v) is 5.44. The van der Waals surface area contributed by atoms with Crippen molar-refractivity contribution in [2.75, 3.05) is 5.73 Å². The number of nitrogens with zero attached hydrogens (tertiary/aromatic N) is 5. The lowest BCUT2D eigenvalue weighted by atomic mass is 9.91. The second kappa shape index (κ2) is 12.6. The van der Waals surface area contributed by atoms with Crippen molar-refractivity contribution in [3.63, 3.8) is 0 Å². The van der Waals surface area contributed by atoms with Crippen LogP contribution in [-0.4, -0.2) is 36.9 Å². The van der Waals surface area contributed by atoms with Gasteiger partial charge < -0.3 is 26.0 Å². The van der Waals surface area contributed by atoms with Gasteiger partial charge in [0.05, 0.1) is 11.4 Å². The second-order valence-electron chi connectivity index (χ2n) is 12.0. The van der Waals surface area contributed by atoms with Crippen molar-refractivity contribution in [2.24, 2.45) is 5.73 Å². The van der Waals surface area contributed by atoms with E-state index in [2.05, 4.69) is 20.4 Å². The average molecular weight is 617 g/mol. The third kappa shape index (κ3) is 6.39. The number of ether oxygens (including phenoxy) is 1. The van der Waals surface area contributed by atoms with Crippen LogP contribution in [0.4, 0.5) is 5.82 Å². The van der Waals surface area contributed by atoms with Crippen LogP contribution in [0.2, 0.25) is 0 Å². The summed E-state index contributed by atoms with van der Waals surface area (Å²) < 4.78 is 13.3. The van der Waals surface area contributed by atoms with E-state index in [0.717, 1.165) is 53.8 Å². The molecule has 0 bridgehead atoms. The van der Waals surface area contributed by atoms with Gasteiger partial charge in [-0.1, -0.05) is 44.1 Å². The van der Waals surface area contributed by atoms with E-state index in [0.29, 0.717) is 22.9 Å². The van der Waals surface area contributed by atoms with Crippen LogP contribution < -0.4 is 21.5 Å². The topological polar surface area (TPSA) is 160 Å². The first-order valence-corrected chi connectivity index (χ1v) is 14.5. The molecule has 11 nitrogen and oxygen atoms in total. The normalized spacial score (nSPS) is 17.5. The monoisotopic (exact) mass is 616 g/mol. The molecule has 1 aliphatic rings. The van der Waals surface area contributed by atoms with Crippen LogP contribution in [-0.2, 0) is 10.2 Å². The quantitative estimate of drug-likeness (QED) is 0.203. The minimum atomic E-state index is -0.889. The van der Waals surface area contributed by atoms with Gasteiger partial charge in [-0.2, -0.15) is 5.10 Å². The number of carbonyl (C=O) groups is 1. The van der Waals surface area contributed by atoms with Gasteiger partial charge >= 0.3 is 0 Å². The number of benzene rings is 2. The number of para-hydroxylation sites is 1. The molecule has 1 aliphatic carbocycles. The number of fused-ring (bicyclic) bond motifs is 1. The predicted molar refractivity (Wildman–Crippen MR) is 171 cm³/mol. The molecule has 44 heavy (non-hydrogen) atoms. The van der Waals surface area contributed by atoms with E-state index in [4.69, 9.17) is 25.8 Å². The van der Waals surface area contributed by atoms with Crippen molar-refractivity contribution in [1.29, 1.82) is 0 Å². The highest BCUT2D eigenvalue weighted by atomic mass is 35.5. The molecule has 0 unspecified atom stereocenters. The van der Waals surface area contributed by atoms with Gasteiger partial charge in [-0.3, -0.25) is 4.79 Å². The third-order valence-corrected chi connectivity index (χ3v) is 7.88. The molecule has 3 aromatic heterocycles. The smallest absolute Gasteiger partial charge is 0.243 e. The van der Waals surface area contributed by atoms with Crippen LogP contribution in [0.1, 0.15) is 70.0 Å². The van der Waals surface area contributed by atoms with Gasteiger partial charge in [0.25, 0.3) is 0 Å². The Kier molecular flexibility index (Phi) is 8.89. The summed E-state index contributed by atoms with van der Waals surface area (Å²) in [4.78, 5) is 21.8. The number of nitrogens with two attached hydrogens (primary N) is 2. The summed E-state index contributed by atoms with van der Waals surface area (Å²) in [6.45, 7) is 6.06. The number of nitrogens with one attached hydrogen (secondary N) is 1. The summed E-state index contributed by atoms with van der Waals surface area (Å²) >= 11 is 0. The predicted octanol–water partition coefficient (Wildman–Crippen LogP) is 5.88. The van der Waals surface area contributed by atoms with Crippen molar-refractivity contribution in [2.45, 2.75) is 70.0 Å². The molecule has 230 valence electrons. The minimum Gasteiger partial charge on any atom is -0.457 e. The fraction of sp³-hybridized carbons (Fsp3) is 0.344. The zero-order valence-electron chi connectivity index (χ0n) is 24.9. The summed E-state index contributed by atoms with van der Waals surface area (Å²) in [6, 6.07) is 18.4. The van der Waals surface area contributed by atoms with Gasteiger partial charge in [-0.05, 0) is 62.1 Å². The Morgan fingerprint density at radius 3 is 2.36 bits per heavy atom. The lowest BCUT2D eigenvalue weighted by Gasteiger charge is -2.30. The molecule has 6 rings (SSSR count). The van der Waals surface area contributed by atoms with Gasteiger partial charge in [0.2, 0.25) is 5.91 Å². The highest BCUT2D eigenvalue weighted by Crippen LogP contribution is 2.37. The van der Waals surface area contributed by atoms with E-state index in [1.165, 1.54) is 6.33 Å². The molecular weight excluding hydrogens is 580 g/mol. The molecule has 1 saturated carbocycles. The molecular formula is C32H37ClN8O3. The Hall–Kier alpha value is -4.48. The van der Waals surface area contributed by atoms with Crippen LogP contribution in [0, 0.1) is 0 Å². The maximum absolute atomic E-state index is 12.9. The Morgan fingerprint density at radius 1 is 1.02 bits per heavy atom. The van der Waals surface area contributed by atoms with Crippen LogP contribution in [0.5, 0.6) is 11.5 Å². The number of hydrogen-bond acceptors (Lipinski definition) is 9. The number of carbonyl (C=O) groups excluding carboxylic acids is 1. The Morgan fingerprint density at radius 2 is 1.70 bits per heavy atom. The van der Waals surface area contributed by atoms with Gasteiger partial charge in [0.15, 0.2) is 5.65 Å². The minimum absolute atomic E-state index is 0. The first-order chi connectivity index (χ1) is 20.7. The largest absolute Gasteiger partial charge is 0.457 e. The Balaban J connectivity index is 0.00000384. The van der Waals surface area contributed by atoms with E-state index >= 15 is 0 Å². The molecule has 1 amide bonds. The summed E-state index contributed by atoms with van der Waals surface area (Å²) in [6.07, 6.45) is 4.64. The van der Waals surface area contributed by atoms with Crippen molar-refractivity contribution in [3.8, 4) is 22.8 Å². The van der Waals surface area contributed by atoms with Crippen molar-refractivity contribution >= 4 is 35.2 Å². The molecule has 1 fully saturated rings. The van der Waals surface area contributed by atoms with Crippen LogP contribution in [0.3, 0.4) is 0 Å². The number of aromatic nitrogens is 5. The number of halogens is 1. The SMILES string of the molecule is CC(C)(C)c1cc([C@@H](N)C(=O)NC2CCC(n3nc(-c4ccc(Oc5ccccc5)cc4)c4c(N)ncnc43)CC2)no1.Cl. The third-order valence-electron chi connectivity index (χ3n) is 7.88. The van der Waals surface area contributed by atoms with E-state index in [1.54, 1.807) is 6.07 Å². The lowest BCUT2D eigenvalue weighted by Crippen LogP contribution is -2.42. The van der Waals surface area contributed by atoms with Gasteiger partial charge in [0.1, 0.15) is 46.8 Å². The number of anilines is 1. The number of hydrogen-bond donors (Lipinski definition) is 3. The fourth-order valence-electron chi connectivity index (χ4n) is 5.44. The zero-order chi connectivity index (χ0) is 30.1. The number of rotatable bonds is 7. The Labute approximate surface area is 261 Å². The van der Waals surface area contributed by atoms with Crippen molar-refractivity contribution < 1.29 is 14.1 Å². The molecule has 1 atom stereocenters. The summed E-state index contributed by atoms with van der Waals surface area (Å²) in [5, 5.41) is 12.9. The molecule has 2 aromatic carbocycles. The molecule has 5 aromatic rings. The molecule has 0 saturated heterocycles. The van der Waals surface area contributed by atoms with Crippen LogP contribution >= 0.6 is 12.4 Å². The number of amides is 1. The molecule has 0 radical (unpaired) electrons. The van der Waals surface area contributed by atoms with E-state index < -0.39 is 6.04 Å². The first kappa shape index (κ1) is 31.0. The Bertz CT molecular complexity index is 1720. The van der Waals surface area contributed by atoms with Crippen molar-refractivity contribution in [3.05, 3.63) is 78.4 Å². The van der Waals surface area contributed by atoms with Crippen LogP contribution in [0.15, 0.2) is 71.5 Å². The lowest BCUT2D eigenvalue weighted by molar-refractivity contribution is -0.123. The average Bonchev–Trinajstić information content (AvgIpc) is 3.65. The molecule has 0 spiro atoms. The van der Waals surface area contributed by atoms with E-state index in [-0.39, 0.29) is 35.8 Å². The number of nitrogen functional groups attached to an aromatic ring is 1. The maximum atomic E-state index is 12.9. The van der Waals surface area contributed by atoms with Crippen molar-refractivity contribution in [1.82, 2.24) is 30.2 Å². The van der Waals surface area contributed by atoms with Gasteiger partial charge in [-0.25, -0.2) is 14.6 Å². The summed E-state index contributed by atoms with van der Waals surface area (Å²) in [7, 11) is 0. The van der Waals surface area contributed by atoms with Gasteiger partial charge in [-0.15, -0.1) is 12.4 Å². The summed E-state index contributed by atoms with van der Waals surface area (Å²) in [5.74, 6) is 2.31. The highest BCUT2D eigenvalue weighted by molar-refractivity contribution is 5.98. The first-order valence-electron chi connectivity index (χ1n) is 14.5. The second-order valence-corrected chi connectivity index (χ2v) is 12.0. The molecule has 0 aliphatic heterocycles. The van der Waals surface area contributed by atoms with Gasteiger partial charge in [0, 0.05) is 23.1 Å².